The molecule has 0 saturated heterocycles. The number of hydrogen-bond acceptors (Lipinski definition) is 9. The zero-order valence-corrected chi connectivity index (χ0v) is 20.6. The number of phenolic OH excluding ortho intramolecular Hbond substituents is 1. The quantitative estimate of drug-likeness (QED) is 0.116. The highest BCUT2D eigenvalue weighted by atomic mass is 32.2. The number of thioether (sulfide) groups is 1. The van der Waals surface area contributed by atoms with Crippen molar-refractivity contribution in [3.63, 3.8) is 0 Å². The first-order valence-electron chi connectivity index (χ1n) is 11.0. The Labute approximate surface area is 212 Å². The van der Waals surface area contributed by atoms with E-state index < -0.39 is 60.4 Å². The fourth-order valence-electron chi connectivity index (χ4n) is 3.02. The summed E-state index contributed by atoms with van der Waals surface area (Å²) in [4.78, 5) is 60.9. The minimum Gasteiger partial charge on any atom is -0.508 e. The fourth-order valence-corrected chi connectivity index (χ4v) is 3.51. The van der Waals surface area contributed by atoms with Crippen LogP contribution in [0, 0.1) is 0 Å². The highest BCUT2D eigenvalue weighted by molar-refractivity contribution is 7.98. The lowest BCUT2D eigenvalue weighted by atomic mass is 10.0. The number of carbonyl (C=O) groups is 5. The van der Waals surface area contributed by atoms with Crippen molar-refractivity contribution in [1.29, 1.82) is 0 Å². The summed E-state index contributed by atoms with van der Waals surface area (Å²) in [5, 5.41) is 34.9. The zero-order chi connectivity index (χ0) is 27.3. The van der Waals surface area contributed by atoms with Gasteiger partial charge in [-0.15, -0.1) is 0 Å². The number of carbonyl (C=O) groups excluding carboxylic acids is 4. The Balaban J connectivity index is 3.11. The number of aliphatic carboxylic acids is 1. The molecule has 13 nitrogen and oxygen atoms in total. The molecule has 200 valence electrons. The second kappa shape index (κ2) is 15.6. The van der Waals surface area contributed by atoms with Gasteiger partial charge in [0.25, 0.3) is 0 Å². The molecule has 0 spiro atoms. The SMILES string of the molecule is CSCCC(N)C(=O)NC(CCC(N)=O)C(=O)NC(Cc1ccc(O)cc1)C(=O)NC(CO)C(=O)O. The Morgan fingerprint density at radius 2 is 1.47 bits per heavy atom. The van der Waals surface area contributed by atoms with Crippen LogP contribution in [0.2, 0.25) is 0 Å². The highest BCUT2D eigenvalue weighted by Crippen LogP contribution is 2.12. The molecular weight excluding hydrogens is 494 g/mol. The number of nitrogens with one attached hydrogen (secondary N) is 3. The van der Waals surface area contributed by atoms with Crippen molar-refractivity contribution >= 4 is 41.4 Å². The number of benzene rings is 1. The molecule has 1 rings (SSSR count). The Bertz CT molecular complexity index is 914. The number of aliphatic hydroxyl groups excluding tert-OH is 1. The number of aliphatic hydroxyl groups is 1. The van der Waals surface area contributed by atoms with E-state index in [1.807, 2.05) is 6.26 Å². The number of rotatable bonds is 16. The van der Waals surface area contributed by atoms with E-state index in [-0.39, 0.29) is 25.0 Å². The van der Waals surface area contributed by atoms with Crippen molar-refractivity contribution in [1.82, 2.24) is 16.0 Å². The molecule has 1 aromatic rings. The first-order chi connectivity index (χ1) is 17.0. The Hall–Kier alpha value is -3.36. The van der Waals surface area contributed by atoms with E-state index in [4.69, 9.17) is 16.6 Å². The van der Waals surface area contributed by atoms with E-state index in [1.165, 1.54) is 36.0 Å². The summed E-state index contributed by atoms with van der Waals surface area (Å²) in [5.74, 6) is -3.96. The summed E-state index contributed by atoms with van der Waals surface area (Å²) >= 11 is 1.49. The van der Waals surface area contributed by atoms with E-state index in [9.17, 15) is 34.2 Å². The predicted octanol–water partition coefficient (Wildman–Crippen LogP) is -2.19. The molecule has 0 fully saturated rings. The molecule has 14 heteroatoms. The fraction of sp³-hybridized carbons (Fsp3) is 0.500. The third-order valence-corrected chi connectivity index (χ3v) is 5.73. The van der Waals surface area contributed by atoms with Gasteiger partial charge in [0.2, 0.25) is 23.6 Å². The number of aromatic hydroxyl groups is 1. The Morgan fingerprint density at radius 1 is 0.917 bits per heavy atom. The van der Waals surface area contributed by atoms with E-state index in [2.05, 4.69) is 16.0 Å². The molecule has 10 N–H and O–H groups in total. The Kier molecular flexibility index (Phi) is 13.3. The molecule has 4 atom stereocenters. The van der Waals surface area contributed by atoms with E-state index >= 15 is 0 Å². The molecule has 0 radical (unpaired) electrons. The number of carboxylic acids is 1. The van der Waals surface area contributed by atoms with Gasteiger partial charge in [-0.2, -0.15) is 11.8 Å². The summed E-state index contributed by atoms with van der Waals surface area (Å²) in [6.45, 7) is -0.883. The maximum Gasteiger partial charge on any atom is 0.328 e. The van der Waals surface area contributed by atoms with Gasteiger partial charge in [0.1, 0.15) is 23.9 Å². The van der Waals surface area contributed by atoms with Gasteiger partial charge in [-0.1, -0.05) is 12.1 Å². The van der Waals surface area contributed by atoms with Gasteiger partial charge in [-0.25, -0.2) is 4.79 Å². The number of carboxylic acid groups (broad SMARTS) is 1. The smallest absolute Gasteiger partial charge is 0.328 e. The minimum atomic E-state index is -1.61. The molecule has 0 heterocycles. The largest absolute Gasteiger partial charge is 0.508 e. The summed E-state index contributed by atoms with van der Waals surface area (Å²) < 4.78 is 0. The zero-order valence-electron chi connectivity index (χ0n) is 19.8. The number of nitrogens with two attached hydrogens (primary N) is 2. The maximum absolute atomic E-state index is 13.1. The van der Waals surface area contributed by atoms with Gasteiger partial charge in [0.15, 0.2) is 0 Å². The van der Waals surface area contributed by atoms with Crippen molar-refractivity contribution in [3.05, 3.63) is 29.8 Å². The van der Waals surface area contributed by atoms with Gasteiger partial charge < -0.3 is 42.7 Å². The topological polar surface area (TPSA) is 234 Å². The van der Waals surface area contributed by atoms with Crippen LogP contribution in [0.3, 0.4) is 0 Å². The summed E-state index contributed by atoms with van der Waals surface area (Å²) in [7, 11) is 0. The molecule has 0 saturated carbocycles. The van der Waals surface area contributed by atoms with E-state index in [0.717, 1.165) is 0 Å². The van der Waals surface area contributed by atoms with Crippen molar-refractivity contribution in [2.75, 3.05) is 18.6 Å². The lowest BCUT2D eigenvalue weighted by Gasteiger charge is -2.25. The summed E-state index contributed by atoms with van der Waals surface area (Å²) in [6.07, 6.45) is 1.68. The van der Waals surface area contributed by atoms with Crippen molar-refractivity contribution in [2.45, 2.75) is 49.9 Å². The summed E-state index contributed by atoms with van der Waals surface area (Å²) in [5.41, 5.74) is 11.6. The number of primary amides is 1. The summed E-state index contributed by atoms with van der Waals surface area (Å²) in [6, 6.07) is 0.633. The van der Waals surface area contributed by atoms with Crippen LogP contribution in [-0.2, 0) is 30.4 Å². The monoisotopic (exact) mass is 527 g/mol. The van der Waals surface area contributed by atoms with Crippen molar-refractivity contribution < 1.29 is 39.3 Å². The van der Waals surface area contributed by atoms with Crippen LogP contribution < -0.4 is 27.4 Å². The third kappa shape index (κ3) is 10.9. The van der Waals surface area contributed by atoms with Crippen LogP contribution in [0.25, 0.3) is 0 Å². The van der Waals surface area contributed by atoms with E-state index in [1.54, 1.807) is 0 Å². The Morgan fingerprint density at radius 3 is 2.00 bits per heavy atom. The number of amides is 4. The molecular formula is C22H33N5O8S. The molecule has 1 aromatic carbocycles. The van der Waals surface area contributed by atoms with Crippen LogP contribution >= 0.6 is 11.8 Å². The van der Waals surface area contributed by atoms with Crippen LogP contribution in [0.5, 0.6) is 5.75 Å². The molecule has 4 amide bonds. The lowest BCUT2D eigenvalue weighted by Crippen LogP contribution is -2.58. The molecule has 4 unspecified atom stereocenters. The first-order valence-corrected chi connectivity index (χ1v) is 12.4. The average molecular weight is 528 g/mol. The molecule has 36 heavy (non-hydrogen) atoms. The van der Waals surface area contributed by atoms with Gasteiger partial charge >= 0.3 is 5.97 Å². The number of phenols is 1. The van der Waals surface area contributed by atoms with Crippen LogP contribution in [-0.4, -0.2) is 87.7 Å². The lowest BCUT2D eigenvalue weighted by molar-refractivity contribution is -0.143. The molecule has 0 bridgehead atoms. The van der Waals surface area contributed by atoms with Gasteiger partial charge in [-0.05, 0) is 42.5 Å². The minimum absolute atomic E-state index is 0.0259. The second-order valence-electron chi connectivity index (χ2n) is 7.97. The number of hydrogen-bond donors (Lipinski definition) is 8. The van der Waals surface area contributed by atoms with Crippen molar-refractivity contribution in [2.24, 2.45) is 11.5 Å². The van der Waals surface area contributed by atoms with Crippen molar-refractivity contribution in [3.8, 4) is 5.75 Å². The molecule has 0 aliphatic heterocycles. The van der Waals surface area contributed by atoms with Crippen LogP contribution in [0.4, 0.5) is 0 Å². The van der Waals surface area contributed by atoms with Gasteiger partial charge in [0, 0.05) is 12.8 Å². The van der Waals surface area contributed by atoms with Gasteiger partial charge in [0.05, 0.1) is 12.6 Å². The first kappa shape index (κ1) is 30.7. The third-order valence-electron chi connectivity index (χ3n) is 5.09. The average Bonchev–Trinajstić information content (AvgIpc) is 2.83. The van der Waals surface area contributed by atoms with Crippen LogP contribution in [0.15, 0.2) is 24.3 Å². The van der Waals surface area contributed by atoms with E-state index in [0.29, 0.717) is 17.7 Å². The van der Waals surface area contributed by atoms with Crippen LogP contribution in [0.1, 0.15) is 24.8 Å². The molecule has 0 aromatic heterocycles. The van der Waals surface area contributed by atoms with Gasteiger partial charge in [-0.3, -0.25) is 19.2 Å². The molecule has 0 aliphatic rings. The predicted molar refractivity (Wildman–Crippen MR) is 132 cm³/mol. The molecule has 0 aliphatic carbocycles. The second-order valence-corrected chi connectivity index (χ2v) is 8.95. The highest BCUT2D eigenvalue weighted by Gasteiger charge is 2.30. The standard InChI is InChI=1S/C22H33N5O8S/c1-36-9-8-14(23)19(31)25-15(6-7-18(24)30)20(32)26-16(10-12-2-4-13(29)5-3-12)21(33)27-17(11-28)22(34)35/h2-5,14-17,28-29H,6-11,23H2,1H3,(H2,24,30)(H,25,31)(H,26,32)(H,27,33)(H,34,35). The normalized spacial score (nSPS) is 14.1. The maximum atomic E-state index is 13.1.